The molecule has 2 aromatic carbocycles. The van der Waals surface area contributed by atoms with E-state index < -0.39 is 6.04 Å². The van der Waals surface area contributed by atoms with Crippen LogP contribution in [0.15, 0.2) is 89.9 Å². The van der Waals surface area contributed by atoms with Crippen molar-refractivity contribution in [3.05, 3.63) is 124 Å². The average molecular weight is 485 g/mol. The van der Waals surface area contributed by atoms with Crippen LogP contribution in [0.25, 0.3) is 0 Å². The van der Waals surface area contributed by atoms with Gasteiger partial charge < -0.3 is 14.6 Å². The molecule has 7 heteroatoms. The Morgan fingerprint density at radius 2 is 1.69 bits per heavy atom. The third-order valence-electron chi connectivity index (χ3n) is 6.80. The number of rotatable bonds is 6. The Labute approximate surface area is 209 Å². The number of anilines is 1. The molecule has 4 aromatic rings. The maximum atomic E-state index is 14.3. The summed E-state index contributed by atoms with van der Waals surface area (Å²) in [5.41, 5.74) is 2.31. The van der Waals surface area contributed by atoms with Crippen LogP contribution in [0, 0.1) is 12.7 Å². The first kappa shape index (κ1) is 23.8. The van der Waals surface area contributed by atoms with Gasteiger partial charge in [0.25, 0.3) is 5.56 Å². The quantitative estimate of drug-likeness (QED) is 0.441. The van der Waals surface area contributed by atoms with E-state index in [1.54, 1.807) is 22.9 Å². The van der Waals surface area contributed by atoms with E-state index in [-0.39, 0.29) is 22.7 Å². The standard InChI is InChI=1S/C29H29FN4O2/c1-21-18-25(35)27(29(36)34(21)20-22-8-3-2-4-9-22)28(23-10-7-11-24(30)19-23)33-16-14-32(15-17-33)26-12-5-6-13-31-26/h2-13,18-19,28,35H,14-17,20H2,1H3/t28-/m1/s1. The van der Waals surface area contributed by atoms with Crippen LogP contribution in [0.1, 0.15) is 28.4 Å². The molecule has 0 aliphatic carbocycles. The molecule has 36 heavy (non-hydrogen) atoms. The summed E-state index contributed by atoms with van der Waals surface area (Å²) in [4.78, 5) is 22.7. The molecule has 5 rings (SSSR count). The highest BCUT2D eigenvalue weighted by Gasteiger charge is 2.32. The zero-order valence-corrected chi connectivity index (χ0v) is 20.2. The van der Waals surface area contributed by atoms with Gasteiger partial charge in [-0.25, -0.2) is 9.37 Å². The lowest BCUT2D eigenvalue weighted by Crippen LogP contribution is -2.49. The molecule has 0 bridgehead atoms. The normalized spacial score (nSPS) is 15.1. The monoisotopic (exact) mass is 484 g/mol. The van der Waals surface area contributed by atoms with E-state index in [0.717, 1.165) is 11.4 Å². The van der Waals surface area contributed by atoms with Crippen molar-refractivity contribution in [1.82, 2.24) is 14.5 Å². The number of hydrogen-bond acceptors (Lipinski definition) is 5. The maximum Gasteiger partial charge on any atom is 0.259 e. The highest BCUT2D eigenvalue weighted by atomic mass is 19.1. The van der Waals surface area contributed by atoms with Crippen molar-refractivity contribution >= 4 is 5.82 Å². The van der Waals surface area contributed by atoms with E-state index in [4.69, 9.17) is 0 Å². The number of benzene rings is 2. The Balaban J connectivity index is 1.54. The Hall–Kier alpha value is -3.97. The second-order valence-corrected chi connectivity index (χ2v) is 9.13. The van der Waals surface area contributed by atoms with Crippen LogP contribution in [-0.2, 0) is 6.54 Å². The van der Waals surface area contributed by atoms with Crippen LogP contribution in [-0.4, -0.2) is 45.7 Å². The number of aromatic hydroxyl groups is 1. The fourth-order valence-electron chi connectivity index (χ4n) is 4.97. The number of aromatic nitrogens is 2. The molecule has 0 spiro atoms. The van der Waals surface area contributed by atoms with Crippen molar-refractivity contribution in [1.29, 1.82) is 0 Å². The summed E-state index contributed by atoms with van der Waals surface area (Å²) in [5.74, 6) is 0.465. The van der Waals surface area contributed by atoms with Gasteiger partial charge in [0.05, 0.1) is 18.2 Å². The third kappa shape index (κ3) is 4.88. The summed E-state index contributed by atoms with van der Waals surface area (Å²) in [6, 6.07) is 23.0. The molecule has 1 fully saturated rings. The van der Waals surface area contributed by atoms with Gasteiger partial charge in [-0.1, -0.05) is 48.5 Å². The number of piperazine rings is 1. The zero-order valence-electron chi connectivity index (χ0n) is 20.2. The van der Waals surface area contributed by atoms with Crippen molar-refractivity contribution in [3.8, 4) is 5.75 Å². The second kappa shape index (κ2) is 10.3. The number of aryl methyl sites for hydroxylation is 1. The largest absolute Gasteiger partial charge is 0.507 e. The predicted molar refractivity (Wildman–Crippen MR) is 139 cm³/mol. The van der Waals surface area contributed by atoms with Crippen LogP contribution in [0.4, 0.5) is 10.2 Å². The second-order valence-electron chi connectivity index (χ2n) is 9.13. The number of halogens is 1. The van der Waals surface area contributed by atoms with Crippen LogP contribution in [0.3, 0.4) is 0 Å². The minimum atomic E-state index is -0.582. The van der Waals surface area contributed by atoms with Crippen molar-refractivity contribution in [3.63, 3.8) is 0 Å². The van der Waals surface area contributed by atoms with Gasteiger partial charge in [-0.15, -0.1) is 0 Å². The number of hydrogen-bond donors (Lipinski definition) is 1. The van der Waals surface area contributed by atoms with Gasteiger partial charge >= 0.3 is 0 Å². The molecule has 0 unspecified atom stereocenters. The number of nitrogens with zero attached hydrogens (tertiary/aromatic N) is 4. The molecule has 0 radical (unpaired) electrons. The SMILES string of the molecule is Cc1cc(O)c([C@@H](c2cccc(F)c2)N2CCN(c3ccccn3)CC2)c(=O)n1Cc1ccccc1. The van der Waals surface area contributed by atoms with Gasteiger partial charge in [-0.3, -0.25) is 9.69 Å². The van der Waals surface area contributed by atoms with Gasteiger partial charge in [-0.05, 0) is 48.4 Å². The molecule has 1 aliphatic heterocycles. The molecule has 2 aromatic heterocycles. The first-order valence-electron chi connectivity index (χ1n) is 12.1. The molecule has 1 N–H and O–H groups in total. The van der Waals surface area contributed by atoms with Crippen molar-refractivity contribution < 1.29 is 9.50 Å². The van der Waals surface area contributed by atoms with Crippen LogP contribution in [0.2, 0.25) is 0 Å². The van der Waals surface area contributed by atoms with E-state index >= 15 is 0 Å². The predicted octanol–water partition coefficient (Wildman–Crippen LogP) is 4.36. The smallest absolute Gasteiger partial charge is 0.259 e. The summed E-state index contributed by atoms with van der Waals surface area (Å²) < 4.78 is 16.0. The van der Waals surface area contributed by atoms with Crippen LogP contribution >= 0.6 is 0 Å². The third-order valence-corrected chi connectivity index (χ3v) is 6.80. The van der Waals surface area contributed by atoms with E-state index in [9.17, 15) is 14.3 Å². The molecule has 1 aliphatic rings. The maximum absolute atomic E-state index is 14.3. The lowest BCUT2D eigenvalue weighted by atomic mass is 9.95. The highest BCUT2D eigenvalue weighted by Crippen LogP contribution is 2.34. The van der Waals surface area contributed by atoms with Crippen molar-refractivity contribution in [2.45, 2.75) is 19.5 Å². The fourth-order valence-corrected chi connectivity index (χ4v) is 4.97. The first-order chi connectivity index (χ1) is 17.5. The summed E-state index contributed by atoms with van der Waals surface area (Å²) in [6.45, 7) is 4.87. The van der Waals surface area contributed by atoms with Crippen molar-refractivity contribution in [2.24, 2.45) is 0 Å². The molecule has 184 valence electrons. The van der Waals surface area contributed by atoms with E-state index in [2.05, 4.69) is 14.8 Å². The molecule has 1 atom stereocenters. The Morgan fingerprint density at radius 3 is 2.39 bits per heavy atom. The van der Waals surface area contributed by atoms with Gasteiger partial charge in [0, 0.05) is 38.1 Å². The topological polar surface area (TPSA) is 61.6 Å². The first-order valence-corrected chi connectivity index (χ1v) is 12.1. The molecule has 6 nitrogen and oxygen atoms in total. The minimum Gasteiger partial charge on any atom is -0.507 e. The fraction of sp³-hybridized carbons (Fsp3) is 0.241. The zero-order chi connectivity index (χ0) is 25.1. The lowest BCUT2D eigenvalue weighted by molar-refractivity contribution is 0.207. The average Bonchev–Trinajstić information content (AvgIpc) is 2.90. The summed E-state index contributed by atoms with van der Waals surface area (Å²) in [7, 11) is 0. The highest BCUT2D eigenvalue weighted by molar-refractivity contribution is 5.43. The van der Waals surface area contributed by atoms with Gasteiger partial charge in [0.2, 0.25) is 0 Å². The molecule has 0 saturated carbocycles. The van der Waals surface area contributed by atoms with Gasteiger partial charge in [0.15, 0.2) is 0 Å². The van der Waals surface area contributed by atoms with E-state index in [1.807, 2.05) is 61.5 Å². The van der Waals surface area contributed by atoms with E-state index in [1.165, 1.54) is 12.1 Å². The Kier molecular flexibility index (Phi) is 6.82. The van der Waals surface area contributed by atoms with Gasteiger partial charge in [-0.2, -0.15) is 0 Å². The minimum absolute atomic E-state index is 0.0665. The van der Waals surface area contributed by atoms with Crippen LogP contribution in [0.5, 0.6) is 5.75 Å². The summed E-state index contributed by atoms with van der Waals surface area (Å²) in [5, 5.41) is 11.1. The molecule has 0 amide bonds. The molecule has 3 heterocycles. The molecular weight excluding hydrogens is 455 g/mol. The van der Waals surface area contributed by atoms with Crippen LogP contribution < -0.4 is 10.5 Å². The summed E-state index contributed by atoms with van der Waals surface area (Å²) >= 11 is 0. The molecular formula is C29H29FN4O2. The summed E-state index contributed by atoms with van der Waals surface area (Å²) in [6.07, 6.45) is 1.77. The van der Waals surface area contributed by atoms with E-state index in [0.29, 0.717) is 44.0 Å². The number of pyridine rings is 2. The van der Waals surface area contributed by atoms with Gasteiger partial charge in [0.1, 0.15) is 17.4 Å². The Morgan fingerprint density at radius 1 is 0.944 bits per heavy atom. The van der Waals surface area contributed by atoms with Crippen molar-refractivity contribution in [2.75, 3.05) is 31.1 Å². The Bertz CT molecular complexity index is 1380. The lowest BCUT2D eigenvalue weighted by Gasteiger charge is -2.40. The molecule has 1 saturated heterocycles.